The number of amides is 2. The molecule has 2 aromatic rings. The maximum absolute atomic E-state index is 13.4. The third-order valence-corrected chi connectivity index (χ3v) is 6.05. The Labute approximate surface area is 161 Å². The van der Waals surface area contributed by atoms with Crippen LogP contribution in [0.25, 0.3) is 0 Å². The first-order valence-electron chi connectivity index (χ1n) is 9.29. The van der Waals surface area contributed by atoms with Gasteiger partial charge in [-0.2, -0.15) is 0 Å². The van der Waals surface area contributed by atoms with Crippen molar-refractivity contribution in [2.24, 2.45) is 11.8 Å². The van der Waals surface area contributed by atoms with Crippen molar-refractivity contribution < 1.29 is 23.9 Å². The molecule has 0 N–H and O–H groups in total. The number of fused-ring (bicyclic) bond motifs is 3. The van der Waals surface area contributed by atoms with Crippen LogP contribution in [-0.4, -0.2) is 40.4 Å². The molecule has 3 aliphatic rings. The van der Waals surface area contributed by atoms with Gasteiger partial charge in [0.25, 0.3) is 0 Å². The van der Waals surface area contributed by atoms with Crippen LogP contribution in [0, 0.1) is 11.8 Å². The number of nitrogens with zero attached hydrogens (tertiary/aromatic N) is 1. The number of hydrogen-bond donors (Lipinski definition) is 0. The lowest BCUT2D eigenvalue weighted by Gasteiger charge is -2.26. The van der Waals surface area contributed by atoms with Crippen molar-refractivity contribution in [3.63, 3.8) is 0 Å². The van der Waals surface area contributed by atoms with Crippen LogP contribution >= 0.6 is 0 Å². The monoisotopic (exact) mass is 375 g/mol. The van der Waals surface area contributed by atoms with Gasteiger partial charge in [0.15, 0.2) is 0 Å². The van der Waals surface area contributed by atoms with Crippen LogP contribution < -0.4 is 0 Å². The molecule has 3 atom stereocenters. The summed E-state index contributed by atoms with van der Waals surface area (Å²) in [5.41, 5.74) is -0.804. The van der Waals surface area contributed by atoms with E-state index >= 15 is 0 Å². The second kappa shape index (κ2) is 5.69. The Hall–Kier alpha value is -3.12. The first-order valence-corrected chi connectivity index (χ1v) is 9.29. The average molecular weight is 375 g/mol. The van der Waals surface area contributed by atoms with Gasteiger partial charge < -0.3 is 4.74 Å². The van der Waals surface area contributed by atoms with Gasteiger partial charge in [0.2, 0.25) is 29.0 Å². The number of hydrogen-bond acceptors (Lipinski definition) is 5. The topological polar surface area (TPSA) is 80.8 Å². The molecule has 6 heteroatoms. The summed E-state index contributed by atoms with van der Waals surface area (Å²) in [5.74, 6) is -3.99. The van der Waals surface area contributed by atoms with Crippen molar-refractivity contribution in [1.82, 2.24) is 4.90 Å². The van der Waals surface area contributed by atoms with Crippen LogP contribution in [-0.2, 0) is 14.3 Å². The van der Waals surface area contributed by atoms with Crippen molar-refractivity contribution in [1.29, 1.82) is 0 Å². The minimum atomic E-state index is -1.97. The number of ketones is 2. The van der Waals surface area contributed by atoms with Crippen LogP contribution in [0.5, 0.6) is 0 Å². The molecule has 2 saturated heterocycles. The summed E-state index contributed by atoms with van der Waals surface area (Å²) in [4.78, 5) is 54.0. The highest BCUT2D eigenvalue weighted by atomic mass is 16.5. The largest absolute Gasteiger partial charge is 0.349 e. The fraction of sp³-hybridized carbons (Fsp3) is 0.273. The third-order valence-electron chi connectivity index (χ3n) is 6.05. The lowest BCUT2D eigenvalue weighted by Crippen LogP contribution is -2.51. The second-order valence-electron chi connectivity index (χ2n) is 7.31. The Morgan fingerprint density at radius 3 is 2.00 bits per heavy atom. The first-order chi connectivity index (χ1) is 13.5. The lowest BCUT2D eigenvalue weighted by atomic mass is 9.77. The minimum absolute atomic E-state index is 0.192. The zero-order valence-corrected chi connectivity index (χ0v) is 15.1. The number of ether oxygens (including phenoxy) is 1. The van der Waals surface area contributed by atoms with E-state index in [1.165, 1.54) is 0 Å². The standard InChI is InChI=1S/C22H17NO5/c1-2-23-20(26)15-16(21(23)27)22(28-17(15)12-8-4-3-5-9-12)18(24)13-10-6-7-11-14(13)19(22)25/h3-11,15-17H,2H2,1H3/t15-,16-,17-/m1/s1. The summed E-state index contributed by atoms with van der Waals surface area (Å²) < 4.78 is 6.14. The molecule has 0 aromatic heterocycles. The van der Waals surface area contributed by atoms with Gasteiger partial charge in [-0.3, -0.25) is 24.1 Å². The summed E-state index contributed by atoms with van der Waals surface area (Å²) in [5, 5.41) is 0. The van der Waals surface area contributed by atoms with Gasteiger partial charge in [-0.05, 0) is 12.5 Å². The molecular weight excluding hydrogens is 358 g/mol. The molecular formula is C22H17NO5. The molecule has 2 aromatic carbocycles. The molecule has 2 amide bonds. The second-order valence-corrected chi connectivity index (χ2v) is 7.31. The molecule has 5 rings (SSSR count). The van der Waals surface area contributed by atoms with Gasteiger partial charge in [0.1, 0.15) is 0 Å². The number of likely N-dealkylation sites (tertiary alicyclic amines) is 1. The summed E-state index contributed by atoms with van der Waals surface area (Å²) in [6.45, 7) is 1.90. The first kappa shape index (κ1) is 17.0. The molecule has 0 unspecified atom stereocenters. The molecule has 1 aliphatic carbocycles. The van der Waals surface area contributed by atoms with Crippen molar-refractivity contribution in [2.75, 3.05) is 6.54 Å². The number of benzene rings is 2. The summed E-state index contributed by atoms with van der Waals surface area (Å²) in [6, 6.07) is 15.5. The summed E-state index contributed by atoms with van der Waals surface area (Å²) >= 11 is 0. The predicted molar refractivity (Wildman–Crippen MR) is 97.5 cm³/mol. The third kappa shape index (κ3) is 1.85. The molecule has 140 valence electrons. The Morgan fingerprint density at radius 1 is 0.857 bits per heavy atom. The minimum Gasteiger partial charge on any atom is -0.349 e. The molecule has 2 heterocycles. The van der Waals surface area contributed by atoms with Gasteiger partial charge in [-0.1, -0.05) is 54.6 Å². The average Bonchev–Trinajstić information content (AvgIpc) is 3.29. The highest BCUT2D eigenvalue weighted by molar-refractivity contribution is 6.35. The van der Waals surface area contributed by atoms with E-state index in [0.29, 0.717) is 5.56 Å². The summed E-state index contributed by atoms with van der Waals surface area (Å²) in [7, 11) is 0. The number of Topliss-reactive ketones (excluding diaryl/α,β-unsaturated/α-hetero) is 2. The van der Waals surface area contributed by atoms with Crippen LogP contribution in [0.1, 0.15) is 39.3 Å². The van der Waals surface area contributed by atoms with E-state index in [0.717, 1.165) is 4.90 Å². The molecule has 6 nitrogen and oxygen atoms in total. The summed E-state index contributed by atoms with van der Waals surface area (Å²) in [6.07, 6.45) is -0.832. The molecule has 0 bridgehead atoms. The Kier molecular flexibility index (Phi) is 3.46. The molecule has 2 aliphatic heterocycles. The number of carbonyl (C=O) groups is 4. The zero-order chi connectivity index (χ0) is 19.6. The van der Waals surface area contributed by atoms with Crippen LogP contribution in [0.3, 0.4) is 0 Å². The van der Waals surface area contributed by atoms with E-state index in [-0.39, 0.29) is 23.6 Å². The maximum Gasteiger partial charge on any atom is 0.237 e. The van der Waals surface area contributed by atoms with E-state index in [1.54, 1.807) is 55.5 Å². The van der Waals surface area contributed by atoms with E-state index in [2.05, 4.69) is 0 Å². The van der Waals surface area contributed by atoms with Gasteiger partial charge in [-0.25, -0.2) is 0 Å². The number of rotatable bonds is 2. The lowest BCUT2D eigenvalue weighted by molar-refractivity contribution is -0.144. The van der Waals surface area contributed by atoms with Crippen LogP contribution in [0.15, 0.2) is 54.6 Å². The van der Waals surface area contributed by atoms with E-state index in [9.17, 15) is 19.2 Å². The maximum atomic E-state index is 13.4. The van der Waals surface area contributed by atoms with Crippen molar-refractivity contribution >= 4 is 23.4 Å². The smallest absolute Gasteiger partial charge is 0.237 e. The Balaban J connectivity index is 1.72. The fourth-order valence-electron chi connectivity index (χ4n) is 4.83. The van der Waals surface area contributed by atoms with Gasteiger partial charge in [-0.15, -0.1) is 0 Å². The molecule has 28 heavy (non-hydrogen) atoms. The van der Waals surface area contributed by atoms with Crippen molar-refractivity contribution in [3.05, 3.63) is 71.3 Å². The van der Waals surface area contributed by atoms with E-state index < -0.39 is 41.0 Å². The quantitative estimate of drug-likeness (QED) is 0.594. The molecule has 0 saturated carbocycles. The van der Waals surface area contributed by atoms with E-state index in [1.807, 2.05) is 6.07 Å². The SMILES string of the molecule is CCN1C(=O)[C@H]2[C@@H](c3ccccc3)OC3(C(=O)c4ccccc4C3=O)[C@H]2C1=O. The number of carbonyl (C=O) groups excluding carboxylic acids is 4. The highest BCUT2D eigenvalue weighted by Crippen LogP contribution is 2.57. The molecule has 2 fully saturated rings. The Bertz CT molecular complexity index is 1010. The van der Waals surface area contributed by atoms with Crippen molar-refractivity contribution in [3.8, 4) is 0 Å². The van der Waals surface area contributed by atoms with Crippen LogP contribution in [0.2, 0.25) is 0 Å². The molecule has 0 radical (unpaired) electrons. The van der Waals surface area contributed by atoms with Crippen molar-refractivity contribution in [2.45, 2.75) is 18.6 Å². The van der Waals surface area contributed by atoms with Gasteiger partial charge in [0.05, 0.1) is 17.9 Å². The molecule has 1 spiro atoms. The predicted octanol–water partition coefficient (Wildman–Crippen LogP) is 2.20. The zero-order valence-electron chi connectivity index (χ0n) is 15.1. The van der Waals surface area contributed by atoms with Gasteiger partial charge in [0, 0.05) is 17.7 Å². The van der Waals surface area contributed by atoms with Gasteiger partial charge >= 0.3 is 0 Å². The highest BCUT2D eigenvalue weighted by Gasteiger charge is 2.74. The normalized spacial score (nSPS) is 27.6. The Morgan fingerprint density at radius 2 is 1.43 bits per heavy atom. The van der Waals surface area contributed by atoms with E-state index in [4.69, 9.17) is 4.74 Å². The van der Waals surface area contributed by atoms with Crippen LogP contribution in [0.4, 0.5) is 0 Å². The number of imide groups is 1. The fourth-order valence-corrected chi connectivity index (χ4v) is 4.83.